The van der Waals surface area contributed by atoms with Crippen molar-refractivity contribution >= 4 is 11.9 Å². The van der Waals surface area contributed by atoms with Gasteiger partial charge in [-0.05, 0) is 24.1 Å². The van der Waals surface area contributed by atoms with Crippen LogP contribution in [0.1, 0.15) is 12.5 Å². The van der Waals surface area contributed by atoms with Crippen LogP contribution in [0.4, 0.5) is 4.39 Å². The van der Waals surface area contributed by atoms with E-state index in [9.17, 15) is 14.0 Å². The van der Waals surface area contributed by atoms with Gasteiger partial charge in [0.05, 0.1) is 5.92 Å². The van der Waals surface area contributed by atoms with Crippen LogP contribution in [0.15, 0.2) is 24.3 Å². The molecule has 0 saturated carbocycles. The molecule has 1 aromatic carbocycles. The van der Waals surface area contributed by atoms with E-state index in [4.69, 9.17) is 5.11 Å². The van der Waals surface area contributed by atoms with Gasteiger partial charge in [-0.2, -0.15) is 0 Å². The number of hydrogen-bond donors (Lipinski definition) is 2. The molecule has 1 atom stereocenters. The molecule has 5 heteroatoms. The number of carbonyl (C=O) groups excluding carboxylic acids is 1. The largest absolute Gasteiger partial charge is 0.481 e. The first kappa shape index (κ1) is 13.2. The molecular formula is C12H14FNO3. The number of carboxylic acids is 1. The molecule has 92 valence electrons. The summed E-state index contributed by atoms with van der Waals surface area (Å²) in [6.07, 6.45) is 0.260. The minimum absolute atomic E-state index is 0.0715. The number of amides is 1. The van der Waals surface area contributed by atoms with Gasteiger partial charge in [0.25, 0.3) is 0 Å². The second-order valence-corrected chi connectivity index (χ2v) is 3.80. The van der Waals surface area contributed by atoms with Crippen molar-refractivity contribution in [3.05, 3.63) is 35.6 Å². The minimum Gasteiger partial charge on any atom is -0.481 e. The number of aliphatic carboxylic acids is 1. The third-order valence-corrected chi connectivity index (χ3v) is 2.34. The highest BCUT2D eigenvalue weighted by molar-refractivity contribution is 5.75. The molecule has 0 saturated heterocycles. The predicted octanol–water partition coefficient (Wildman–Crippen LogP) is 1.21. The Morgan fingerprint density at radius 3 is 2.41 bits per heavy atom. The molecule has 0 radical (unpaired) electrons. The van der Waals surface area contributed by atoms with Crippen molar-refractivity contribution in [2.24, 2.45) is 5.92 Å². The lowest BCUT2D eigenvalue weighted by molar-refractivity contribution is -0.141. The molecule has 17 heavy (non-hydrogen) atoms. The molecule has 0 heterocycles. The number of hydrogen-bond acceptors (Lipinski definition) is 2. The van der Waals surface area contributed by atoms with E-state index in [1.807, 2.05) is 0 Å². The number of halogens is 1. The van der Waals surface area contributed by atoms with E-state index in [0.29, 0.717) is 0 Å². The first-order valence-corrected chi connectivity index (χ1v) is 5.20. The van der Waals surface area contributed by atoms with Crippen LogP contribution in [0.2, 0.25) is 0 Å². The van der Waals surface area contributed by atoms with Crippen LogP contribution in [0.5, 0.6) is 0 Å². The van der Waals surface area contributed by atoms with Gasteiger partial charge in [-0.25, -0.2) is 4.39 Å². The molecule has 0 aromatic heterocycles. The molecule has 0 aliphatic carbocycles. The highest BCUT2D eigenvalue weighted by Crippen LogP contribution is 2.10. The highest BCUT2D eigenvalue weighted by Gasteiger charge is 2.18. The lowest BCUT2D eigenvalue weighted by atomic mass is 9.99. The summed E-state index contributed by atoms with van der Waals surface area (Å²) in [5.74, 6) is -2.31. The monoisotopic (exact) mass is 239 g/mol. The maximum atomic E-state index is 12.7. The Morgan fingerprint density at radius 2 is 1.94 bits per heavy atom. The van der Waals surface area contributed by atoms with E-state index in [0.717, 1.165) is 5.56 Å². The number of rotatable bonds is 5. The fourth-order valence-corrected chi connectivity index (χ4v) is 1.42. The van der Waals surface area contributed by atoms with E-state index in [-0.39, 0.29) is 24.7 Å². The second-order valence-electron chi connectivity index (χ2n) is 3.80. The van der Waals surface area contributed by atoms with Crippen LogP contribution in [0.3, 0.4) is 0 Å². The Labute approximate surface area is 98.5 Å². The predicted molar refractivity (Wildman–Crippen MR) is 59.9 cm³/mol. The average molecular weight is 239 g/mol. The Kier molecular flexibility index (Phi) is 4.63. The van der Waals surface area contributed by atoms with E-state index in [2.05, 4.69) is 5.32 Å². The fourth-order valence-electron chi connectivity index (χ4n) is 1.42. The van der Waals surface area contributed by atoms with Gasteiger partial charge in [0.2, 0.25) is 5.91 Å². The molecule has 0 spiro atoms. The molecule has 0 bridgehead atoms. The zero-order valence-corrected chi connectivity index (χ0v) is 9.44. The summed E-state index contributed by atoms with van der Waals surface area (Å²) in [4.78, 5) is 21.7. The van der Waals surface area contributed by atoms with E-state index >= 15 is 0 Å². The van der Waals surface area contributed by atoms with Crippen molar-refractivity contribution in [1.82, 2.24) is 5.32 Å². The van der Waals surface area contributed by atoms with Crippen molar-refractivity contribution in [2.45, 2.75) is 13.3 Å². The maximum absolute atomic E-state index is 12.7. The zero-order chi connectivity index (χ0) is 12.8. The third-order valence-electron chi connectivity index (χ3n) is 2.34. The quantitative estimate of drug-likeness (QED) is 0.811. The van der Waals surface area contributed by atoms with Crippen molar-refractivity contribution in [1.29, 1.82) is 0 Å². The van der Waals surface area contributed by atoms with Crippen molar-refractivity contribution in [3.63, 3.8) is 0 Å². The van der Waals surface area contributed by atoms with E-state index in [1.165, 1.54) is 19.1 Å². The van der Waals surface area contributed by atoms with Crippen LogP contribution < -0.4 is 5.32 Å². The molecule has 0 aliphatic heterocycles. The standard InChI is InChI=1S/C12H14FNO3/c1-8(15)14-7-10(12(16)17)6-9-2-4-11(13)5-3-9/h2-5,10H,6-7H2,1H3,(H,14,15)(H,16,17). The Hall–Kier alpha value is -1.91. The number of carboxylic acid groups (broad SMARTS) is 1. The maximum Gasteiger partial charge on any atom is 0.308 e. The number of benzene rings is 1. The molecule has 1 amide bonds. The molecular weight excluding hydrogens is 225 g/mol. The second kappa shape index (κ2) is 5.98. The number of nitrogens with one attached hydrogen (secondary N) is 1. The molecule has 0 fully saturated rings. The van der Waals surface area contributed by atoms with Crippen molar-refractivity contribution in [3.8, 4) is 0 Å². The van der Waals surface area contributed by atoms with Gasteiger partial charge in [0, 0.05) is 13.5 Å². The summed E-state index contributed by atoms with van der Waals surface area (Å²) < 4.78 is 12.7. The van der Waals surface area contributed by atoms with Crippen LogP contribution in [-0.2, 0) is 16.0 Å². The van der Waals surface area contributed by atoms with Gasteiger partial charge >= 0.3 is 5.97 Å². The summed E-state index contributed by atoms with van der Waals surface area (Å²) in [6, 6.07) is 5.65. The lowest BCUT2D eigenvalue weighted by Gasteiger charge is -2.12. The smallest absolute Gasteiger partial charge is 0.308 e. The van der Waals surface area contributed by atoms with Crippen LogP contribution in [0.25, 0.3) is 0 Å². The summed E-state index contributed by atoms with van der Waals surface area (Å²) in [5, 5.41) is 11.4. The third kappa shape index (κ3) is 4.63. The summed E-state index contributed by atoms with van der Waals surface area (Å²) in [6.45, 7) is 1.40. The zero-order valence-electron chi connectivity index (χ0n) is 9.44. The molecule has 0 aliphatic rings. The Balaban J connectivity index is 2.63. The minimum atomic E-state index is -0.983. The number of carbonyl (C=O) groups is 2. The fraction of sp³-hybridized carbons (Fsp3) is 0.333. The van der Waals surface area contributed by atoms with Crippen molar-refractivity contribution in [2.75, 3.05) is 6.54 Å². The summed E-state index contributed by atoms with van der Waals surface area (Å²) in [5.41, 5.74) is 0.726. The van der Waals surface area contributed by atoms with Crippen LogP contribution in [-0.4, -0.2) is 23.5 Å². The van der Waals surface area contributed by atoms with Crippen LogP contribution in [0, 0.1) is 11.7 Å². The molecule has 1 rings (SSSR count). The molecule has 1 aromatic rings. The lowest BCUT2D eigenvalue weighted by Crippen LogP contribution is -2.32. The van der Waals surface area contributed by atoms with Gasteiger partial charge in [-0.1, -0.05) is 12.1 Å². The molecule has 1 unspecified atom stereocenters. The van der Waals surface area contributed by atoms with Crippen molar-refractivity contribution < 1.29 is 19.1 Å². The van der Waals surface area contributed by atoms with Crippen LogP contribution >= 0.6 is 0 Å². The normalized spacial score (nSPS) is 11.9. The average Bonchev–Trinajstić information content (AvgIpc) is 2.26. The first-order valence-electron chi connectivity index (χ1n) is 5.20. The molecule has 2 N–H and O–H groups in total. The van der Waals surface area contributed by atoms with Gasteiger partial charge < -0.3 is 10.4 Å². The summed E-state index contributed by atoms with van der Waals surface area (Å²) >= 11 is 0. The Morgan fingerprint density at radius 1 is 1.35 bits per heavy atom. The SMILES string of the molecule is CC(=O)NCC(Cc1ccc(F)cc1)C(=O)O. The highest BCUT2D eigenvalue weighted by atomic mass is 19.1. The van der Waals surface area contributed by atoms with E-state index < -0.39 is 11.9 Å². The van der Waals surface area contributed by atoms with Gasteiger partial charge in [0.15, 0.2) is 0 Å². The topological polar surface area (TPSA) is 66.4 Å². The van der Waals surface area contributed by atoms with Gasteiger partial charge in [-0.15, -0.1) is 0 Å². The van der Waals surface area contributed by atoms with Gasteiger partial charge in [0.1, 0.15) is 5.82 Å². The first-order chi connectivity index (χ1) is 7.99. The molecule has 4 nitrogen and oxygen atoms in total. The van der Waals surface area contributed by atoms with Gasteiger partial charge in [-0.3, -0.25) is 9.59 Å². The summed E-state index contributed by atoms with van der Waals surface area (Å²) in [7, 11) is 0. The Bertz CT molecular complexity index is 403. The van der Waals surface area contributed by atoms with E-state index in [1.54, 1.807) is 12.1 Å².